The molecule has 0 saturated heterocycles. The van der Waals surface area contributed by atoms with Crippen molar-refractivity contribution in [1.29, 1.82) is 0 Å². The molecule has 0 amide bonds. The molecule has 1 aliphatic rings. The van der Waals surface area contributed by atoms with Gasteiger partial charge in [-0.25, -0.2) is 0 Å². The van der Waals surface area contributed by atoms with E-state index < -0.39 is 0 Å². The van der Waals surface area contributed by atoms with Crippen LogP contribution in [-0.2, 0) is 0 Å². The van der Waals surface area contributed by atoms with Crippen molar-refractivity contribution < 1.29 is 9.53 Å². The second-order valence-electron chi connectivity index (χ2n) is 6.09. The van der Waals surface area contributed by atoms with Gasteiger partial charge in [0.15, 0.2) is 5.78 Å². The van der Waals surface area contributed by atoms with E-state index in [1.165, 1.54) is 0 Å². The van der Waals surface area contributed by atoms with Gasteiger partial charge in [-0.05, 0) is 60.9 Å². The van der Waals surface area contributed by atoms with Gasteiger partial charge in [-0.2, -0.15) is 0 Å². The highest BCUT2D eigenvalue weighted by atomic mass is 32.2. The molecule has 1 heterocycles. The van der Waals surface area contributed by atoms with Crippen molar-refractivity contribution in [2.24, 2.45) is 5.92 Å². The summed E-state index contributed by atoms with van der Waals surface area (Å²) in [6, 6.07) is 20.4. The van der Waals surface area contributed by atoms with Gasteiger partial charge in [0.1, 0.15) is 5.75 Å². The third-order valence-electron chi connectivity index (χ3n) is 4.22. The standard InChI is InChI=1S/C21H18O2S2/c1-23-16-11-9-14(10-12-16)18-13-19(24-17-5-3-2-4-6-17)21(25-18)20(22)15-7-8-15/h2-6,9-13,15H,7-8H2,1H3. The number of thiophene rings is 1. The Morgan fingerprint density at radius 3 is 2.44 bits per heavy atom. The average Bonchev–Trinajstić information content (AvgIpc) is 3.43. The molecule has 2 aromatic carbocycles. The van der Waals surface area contributed by atoms with Gasteiger partial charge in [0.25, 0.3) is 0 Å². The summed E-state index contributed by atoms with van der Waals surface area (Å²) < 4.78 is 5.24. The molecule has 0 aliphatic heterocycles. The predicted molar refractivity (Wildman–Crippen MR) is 104 cm³/mol. The van der Waals surface area contributed by atoms with Crippen molar-refractivity contribution in [1.82, 2.24) is 0 Å². The maximum Gasteiger partial charge on any atom is 0.177 e. The van der Waals surface area contributed by atoms with Gasteiger partial charge >= 0.3 is 0 Å². The summed E-state index contributed by atoms with van der Waals surface area (Å²) in [4.78, 5) is 17.0. The number of rotatable bonds is 6. The fraction of sp³-hybridized carbons (Fsp3) is 0.190. The smallest absolute Gasteiger partial charge is 0.177 e. The summed E-state index contributed by atoms with van der Waals surface area (Å²) in [6.45, 7) is 0. The van der Waals surface area contributed by atoms with Crippen LogP contribution in [0.2, 0.25) is 0 Å². The van der Waals surface area contributed by atoms with E-state index in [1.54, 1.807) is 30.2 Å². The van der Waals surface area contributed by atoms with Crippen LogP contribution in [0.5, 0.6) is 5.75 Å². The highest BCUT2D eigenvalue weighted by Gasteiger charge is 2.33. The van der Waals surface area contributed by atoms with Crippen molar-refractivity contribution in [2.45, 2.75) is 22.6 Å². The first-order valence-corrected chi connectivity index (χ1v) is 9.93. The lowest BCUT2D eigenvalue weighted by atomic mass is 10.2. The number of benzene rings is 2. The first-order valence-electron chi connectivity index (χ1n) is 8.30. The zero-order chi connectivity index (χ0) is 17.2. The minimum Gasteiger partial charge on any atom is -0.497 e. The number of Topliss-reactive ketones (excluding diaryl/α,β-unsaturated/α-hetero) is 1. The SMILES string of the molecule is COc1ccc(-c2cc(Sc3ccccc3)c(C(=O)C3CC3)s2)cc1. The quantitative estimate of drug-likeness (QED) is 0.488. The molecule has 4 heteroatoms. The molecular formula is C21H18O2S2. The third-order valence-corrected chi connectivity index (χ3v) is 6.59. The van der Waals surface area contributed by atoms with Gasteiger partial charge in [-0.15, -0.1) is 11.3 Å². The molecule has 3 aromatic rings. The highest BCUT2D eigenvalue weighted by molar-refractivity contribution is 7.99. The van der Waals surface area contributed by atoms with E-state index in [2.05, 4.69) is 18.2 Å². The average molecular weight is 367 g/mol. The van der Waals surface area contributed by atoms with Crippen LogP contribution in [0.4, 0.5) is 0 Å². The predicted octanol–water partition coefficient (Wildman–Crippen LogP) is 6.17. The molecule has 2 nitrogen and oxygen atoms in total. The molecule has 25 heavy (non-hydrogen) atoms. The molecule has 1 saturated carbocycles. The number of carbonyl (C=O) groups is 1. The third kappa shape index (κ3) is 3.65. The van der Waals surface area contributed by atoms with Crippen molar-refractivity contribution in [2.75, 3.05) is 7.11 Å². The Bertz CT molecular complexity index is 878. The number of hydrogen-bond donors (Lipinski definition) is 0. The summed E-state index contributed by atoms with van der Waals surface area (Å²) in [7, 11) is 1.67. The van der Waals surface area contributed by atoms with E-state index in [1.807, 2.05) is 42.5 Å². The molecule has 0 bridgehead atoms. The summed E-state index contributed by atoms with van der Waals surface area (Å²) in [5.74, 6) is 1.38. The number of carbonyl (C=O) groups excluding carboxylic acids is 1. The van der Waals surface area contributed by atoms with Gasteiger partial charge in [0.05, 0.1) is 12.0 Å². The second kappa shape index (κ2) is 7.06. The van der Waals surface area contributed by atoms with Gasteiger partial charge in [-0.1, -0.05) is 30.0 Å². The van der Waals surface area contributed by atoms with Crippen LogP contribution < -0.4 is 4.74 Å². The number of ether oxygens (including phenoxy) is 1. The van der Waals surface area contributed by atoms with Crippen molar-refractivity contribution in [3.05, 3.63) is 65.5 Å². The summed E-state index contributed by atoms with van der Waals surface area (Å²) in [5.41, 5.74) is 1.12. The number of methoxy groups -OCH3 is 1. The molecule has 0 radical (unpaired) electrons. The second-order valence-corrected chi connectivity index (χ2v) is 8.25. The van der Waals surface area contributed by atoms with Crippen LogP contribution in [0, 0.1) is 5.92 Å². The highest BCUT2D eigenvalue weighted by Crippen LogP contribution is 2.44. The summed E-state index contributed by atoms with van der Waals surface area (Å²) in [6.07, 6.45) is 2.06. The Balaban J connectivity index is 1.70. The monoisotopic (exact) mass is 366 g/mol. The number of ketones is 1. The molecule has 126 valence electrons. The molecule has 0 atom stereocenters. The number of hydrogen-bond acceptors (Lipinski definition) is 4. The Morgan fingerprint density at radius 2 is 1.80 bits per heavy atom. The van der Waals surface area contributed by atoms with Gasteiger partial charge in [0.2, 0.25) is 0 Å². The molecule has 0 N–H and O–H groups in total. The molecule has 1 aliphatic carbocycles. The van der Waals surface area contributed by atoms with Crippen LogP contribution in [0.3, 0.4) is 0 Å². The first-order chi connectivity index (χ1) is 12.2. The Morgan fingerprint density at radius 1 is 1.08 bits per heavy atom. The Kier molecular flexibility index (Phi) is 4.64. The zero-order valence-electron chi connectivity index (χ0n) is 13.9. The molecule has 4 rings (SSSR count). The van der Waals surface area contributed by atoms with Crippen LogP contribution in [0.15, 0.2) is 70.5 Å². The van der Waals surface area contributed by atoms with Crippen LogP contribution in [0.1, 0.15) is 22.5 Å². The molecule has 1 fully saturated rings. The van der Waals surface area contributed by atoms with E-state index in [4.69, 9.17) is 4.74 Å². The minimum atomic E-state index is 0.234. The maximum absolute atomic E-state index is 12.7. The van der Waals surface area contributed by atoms with Crippen LogP contribution >= 0.6 is 23.1 Å². The van der Waals surface area contributed by atoms with Gasteiger partial charge in [-0.3, -0.25) is 4.79 Å². The van der Waals surface area contributed by atoms with E-state index in [9.17, 15) is 4.79 Å². The van der Waals surface area contributed by atoms with Crippen molar-refractivity contribution >= 4 is 28.9 Å². The zero-order valence-corrected chi connectivity index (χ0v) is 15.5. The minimum absolute atomic E-state index is 0.234. The molecule has 1 aromatic heterocycles. The van der Waals surface area contributed by atoms with Crippen LogP contribution in [-0.4, -0.2) is 12.9 Å². The van der Waals surface area contributed by atoms with Crippen molar-refractivity contribution in [3.8, 4) is 16.2 Å². The lowest BCUT2D eigenvalue weighted by Crippen LogP contribution is -1.99. The van der Waals surface area contributed by atoms with Gasteiger partial charge < -0.3 is 4.74 Å². The van der Waals surface area contributed by atoms with E-state index in [-0.39, 0.29) is 5.92 Å². The largest absolute Gasteiger partial charge is 0.497 e. The topological polar surface area (TPSA) is 26.3 Å². The van der Waals surface area contributed by atoms with Crippen molar-refractivity contribution in [3.63, 3.8) is 0 Å². The maximum atomic E-state index is 12.7. The first kappa shape index (κ1) is 16.4. The summed E-state index contributed by atoms with van der Waals surface area (Å²) in [5, 5.41) is 0. The lowest BCUT2D eigenvalue weighted by molar-refractivity contribution is 0.0969. The molecule has 0 spiro atoms. The van der Waals surface area contributed by atoms with E-state index in [0.717, 1.165) is 43.7 Å². The molecule has 0 unspecified atom stereocenters. The Labute approximate surface area is 155 Å². The Hall–Kier alpha value is -2.04. The van der Waals surface area contributed by atoms with E-state index >= 15 is 0 Å². The van der Waals surface area contributed by atoms with Crippen LogP contribution in [0.25, 0.3) is 10.4 Å². The summed E-state index contributed by atoms with van der Waals surface area (Å²) >= 11 is 3.29. The van der Waals surface area contributed by atoms with E-state index in [0.29, 0.717) is 5.78 Å². The fourth-order valence-corrected chi connectivity index (χ4v) is 4.99. The van der Waals surface area contributed by atoms with Gasteiger partial charge in [0, 0.05) is 20.6 Å². The fourth-order valence-electron chi connectivity index (χ4n) is 2.67. The lowest BCUT2D eigenvalue weighted by Gasteiger charge is -2.02. The normalized spacial score (nSPS) is 13.6. The molecular weight excluding hydrogens is 348 g/mol.